The maximum atomic E-state index is 3.59. The van der Waals surface area contributed by atoms with E-state index in [2.05, 4.69) is 29.8 Å². The summed E-state index contributed by atoms with van der Waals surface area (Å²) in [5.74, 6) is 0. The molecule has 86 valence electrons. The van der Waals surface area contributed by atoms with E-state index in [9.17, 15) is 0 Å². The van der Waals surface area contributed by atoms with Gasteiger partial charge in [-0.1, -0.05) is 87.6 Å². The third kappa shape index (κ3) is 12.5. The molecule has 0 aromatic carbocycles. The second kappa shape index (κ2) is 11.6. The fraction of sp³-hybridized carbons (Fsp3) is 1.00. The molecule has 14 heavy (non-hydrogen) atoms. The van der Waals surface area contributed by atoms with Crippen molar-refractivity contribution >= 4 is 15.9 Å². The molecule has 0 saturated heterocycles. The fourth-order valence-electron chi connectivity index (χ4n) is 1.74. The van der Waals surface area contributed by atoms with Crippen molar-refractivity contribution in [2.24, 2.45) is 0 Å². The molecule has 0 bridgehead atoms. The Hall–Kier alpha value is 0.480. The van der Waals surface area contributed by atoms with Crippen molar-refractivity contribution < 1.29 is 0 Å². The minimum absolute atomic E-state index is 0.715. The van der Waals surface area contributed by atoms with Crippen molar-refractivity contribution in [1.29, 1.82) is 0 Å². The molecular formula is C13H27Br. The second-order valence-electron chi connectivity index (χ2n) is 4.40. The largest absolute Gasteiger partial charge is 0.0894 e. The predicted octanol–water partition coefficient (Wildman–Crippen LogP) is 5.69. The minimum atomic E-state index is 0.715. The van der Waals surface area contributed by atoms with Gasteiger partial charge in [0.1, 0.15) is 0 Å². The Morgan fingerprint density at radius 3 is 1.64 bits per heavy atom. The van der Waals surface area contributed by atoms with Gasteiger partial charge in [0.25, 0.3) is 0 Å². The van der Waals surface area contributed by atoms with Crippen LogP contribution in [0.1, 0.15) is 78.1 Å². The van der Waals surface area contributed by atoms with Crippen LogP contribution in [0.2, 0.25) is 0 Å². The van der Waals surface area contributed by atoms with Gasteiger partial charge in [0.2, 0.25) is 0 Å². The summed E-state index contributed by atoms with van der Waals surface area (Å²) >= 11 is 3.59. The highest BCUT2D eigenvalue weighted by atomic mass is 79.9. The quantitative estimate of drug-likeness (QED) is 0.351. The normalized spacial score (nSPS) is 13.1. The molecule has 1 heteroatoms. The molecule has 0 saturated carbocycles. The predicted molar refractivity (Wildman–Crippen MR) is 70.2 cm³/mol. The molecule has 0 heterocycles. The SMILES string of the molecule is CCCCCCCCCCC[C@H](C)Br. The average molecular weight is 263 g/mol. The van der Waals surface area contributed by atoms with Crippen molar-refractivity contribution in [3.05, 3.63) is 0 Å². The molecule has 0 unspecified atom stereocenters. The molecule has 0 N–H and O–H groups in total. The zero-order valence-corrected chi connectivity index (χ0v) is 11.6. The van der Waals surface area contributed by atoms with Crippen molar-refractivity contribution in [1.82, 2.24) is 0 Å². The number of hydrogen-bond donors (Lipinski definition) is 0. The monoisotopic (exact) mass is 262 g/mol. The summed E-state index contributed by atoms with van der Waals surface area (Å²) in [5.41, 5.74) is 0. The van der Waals surface area contributed by atoms with Crippen molar-refractivity contribution in [2.75, 3.05) is 0 Å². The Balaban J connectivity index is 2.85. The first-order chi connectivity index (χ1) is 6.77. The summed E-state index contributed by atoms with van der Waals surface area (Å²) in [4.78, 5) is 0.715. The molecule has 0 aliphatic rings. The third-order valence-corrected chi connectivity index (χ3v) is 3.16. The maximum absolute atomic E-state index is 3.59. The molecular weight excluding hydrogens is 236 g/mol. The number of halogens is 1. The summed E-state index contributed by atoms with van der Waals surface area (Å²) in [6.07, 6.45) is 14.3. The molecule has 0 amide bonds. The van der Waals surface area contributed by atoms with E-state index >= 15 is 0 Å². The van der Waals surface area contributed by atoms with Gasteiger partial charge in [-0.05, 0) is 6.42 Å². The average Bonchev–Trinajstić information content (AvgIpc) is 2.15. The van der Waals surface area contributed by atoms with E-state index in [1.807, 2.05) is 0 Å². The number of alkyl halides is 1. The number of hydrogen-bond acceptors (Lipinski definition) is 0. The molecule has 0 radical (unpaired) electrons. The van der Waals surface area contributed by atoms with Crippen LogP contribution in [0.15, 0.2) is 0 Å². The topological polar surface area (TPSA) is 0 Å². The molecule has 0 nitrogen and oxygen atoms in total. The van der Waals surface area contributed by atoms with Gasteiger partial charge in [0.15, 0.2) is 0 Å². The van der Waals surface area contributed by atoms with Gasteiger partial charge in [-0.2, -0.15) is 0 Å². The molecule has 0 fully saturated rings. The van der Waals surface area contributed by atoms with E-state index in [1.54, 1.807) is 0 Å². The third-order valence-electron chi connectivity index (χ3n) is 2.71. The van der Waals surface area contributed by atoms with E-state index < -0.39 is 0 Å². The van der Waals surface area contributed by atoms with E-state index in [0.717, 1.165) is 0 Å². The minimum Gasteiger partial charge on any atom is -0.0894 e. The van der Waals surface area contributed by atoms with Gasteiger partial charge < -0.3 is 0 Å². The van der Waals surface area contributed by atoms with Crippen molar-refractivity contribution in [3.8, 4) is 0 Å². The molecule has 0 rings (SSSR count). The van der Waals surface area contributed by atoms with Crippen LogP contribution in [-0.4, -0.2) is 4.83 Å². The van der Waals surface area contributed by atoms with Crippen molar-refractivity contribution in [3.63, 3.8) is 0 Å². The summed E-state index contributed by atoms with van der Waals surface area (Å²) in [6.45, 7) is 4.52. The lowest BCUT2D eigenvalue weighted by Crippen LogP contribution is -1.89. The van der Waals surface area contributed by atoms with E-state index in [-0.39, 0.29) is 0 Å². The summed E-state index contributed by atoms with van der Waals surface area (Å²) in [5, 5.41) is 0. The molecule has 0 aliphatic carbocycles. The van der Waals surface area contributed by atoms with Gasteiger partial charge in [-0.25, -0.2) is 0 Å². The molecule has 1 atom stereocenters. The lowest BCUT2D eigenvalue weighted by molar-refractivity contribution is 0.557. The highest BCUT2D eigenvalue weighted by molar-refractivity contribution is 9.09. The first-order valence-electron chi connectivity index (χ1n) is 6.41. The van der Waals surface area contributed by atoms with Crippen molar-refractivity contribution in [2.45, 2.75) is 82.9 Å². The van der Waals surface area contributed by atoms with Crippen LogP contribution >= 0.6 is 15.9 Å². The number of rotatable bonds is 10. The molecule has 0 aliphatic heterocycles. The standard InChI is InChI=1S/C13H27Br/c1-3-4-5-6-7-8-9-10-11-12-13(2)14/h13H,3-12H2,1-2H3/t13-/m0/s1. The fourth-order valence-corrected chi connectivity index (χ4v) is 2.06. The Labute approximate surface area is 99.0 Å². The summed E-state index contributed by atoms with van der Waals surface area (Å²) in [7, 11) is 0. The highest BCUT2D eigenvalue weighted by Crippen LogP contribution is 2.13. The lowest BCUT2D eigenvalue weighted by atomic mass is 10.1. The zero-order valence-electron chi connectivity index (χ0n) is 10.0. The molecule has 0 aromatic heterocycles. The van der Waals surface area contributed by atoms with Crippen LogP contribution in [0.3, 0.4) is 0 Å². The highest BCUT2D eigenvalue weighted by Gasteiger charge is 1.95. The first-order valence-corrected chi connectivity index (χ1v) is 7.33. The summed E-state index contributed by atoms with van der Waals surface area (Å²) < 4.78 is 0. The second-order valence-corrected chi connectivity index (χ2v) is 5.96. The Morgan fingerprint density at radius 2 is 1.21 bits per heavy atom. The lowest BCUT2D eigenvalue weighted by Gasteiger charge is -2.03. The molecule has 0 aromatic rings. The van der Waals surface area contributed by atoms with Crippen LogP contribution < -0.4 is 0 Å². The maximum Gasteiger partial charge on any atom is 0.0117 e. The van der Waals surface area contributed by atoms with Gasteiger partial charge in [0.05, 0.1) is 0 Å². The first kappa shape index (κ1) is 14.5. The zero-order chi connectivity index (χ0) is 10.6. The van der Waals surface area contributed by atoms with Crippen LogP contribution in [-0.2, 0) is 0 Å². The molecule has 0 spiro atoms. The Bertz CT molecular complexity index is 99.4. The van der Waals surface area contributed by atoms with Crippen LogP contribution in [0.5, 0.6) is 0 Å². The van der Waals surface area contributed by atoms with E-state index in [0.29, 0.717) is 4.83 Å². The van der Waals surface area contributed by atoms with Gasteiger partial charge in [-0.15, -0.1) is 0 Å². The van der Waals surface area contributed by atoms with Crippen LogP contribution in [0, 0.1) is 0 Å². The van der Waals surface area contributed by atoms with E-state index in [4.69, 9.17) is 0 Å². The smallest absolute Gasteiger partial charge is 0.0117 e. The van der Waals surface area contributed by atoms with Gasteiger partial charge in [-0.3, -0.25) is 0 Å². The van der Waals surface area contributed by atoms with Crippen LogP contribution in [0.25, 0.3) is 0 Å². The Kier molecular flexibility index (Phi) is 12.0. The van der Waals surface area contributed by atoms with Gasteiger partial charge in [0, 0.05) is 4.83 Å². The van der Waals surface area contributed by atoms with Crippen LogP contribution in [0.4, 0.5) is 0 Å². The summed E-state index contributed by atoms with van der Waals surface area (Å²) in [6, 6.07) is 0. The number of unbranched alkanes of at least 4 members (excludes halogenated alkanes) is 8. The Morgan fingerprint density at radius 1 is 0.786 bits per heavy atom. The van der Waals surface area contributed by atoms with Gasteiger partial charge >= 0.3 is 0 Å². The van der Waals surface area contributed by atoms with E-state index in [1.165, 1.54) is 64.2 Å².